The van der Waals surface area contributed by atoms with Gasteiger partial charge in [0.15, 0.2) is 0 Å². The first-order valence-corrected chi connectivity index (χ1v) is 8.53. The fourth-order valence-electron chi connectivity index (χ4n) is 3.16. The number of hydrogen-bond acceptors (Lipinski definition) is 4. The average molecular weight is 298 g/mol. The molecular formula is C17H34N2O2. The molecular weight excluding hydrogens is 264 g/mol. The van der Waals surface area contributed by atoms with Crippen LogP contribution in [0.1, 0.15) is 66.7 Å². The van der Waals surface area contributed by atoms with Crippen molar-refractivity contribution < 1.29 is 9.53 Å². The second-order valence-corrected chi connectivity index (χ2v) is 6.99. The second kappa shape index (κ2) is 8.14. The summed E-state index contributed by atoms with van der Waals surface area (Å²) in [5.74, 6) is -0.112. The summed E-state index contributed by atoms with van der Waals surface area (Å²) in [5.41, 5.74) is -0.229. The van der Waals surface area contributed by atoms with Gasteiger partial charge in [-0.3, -0.25) is 9.69 Å². The number of esters is 1. The minimum absolute atomic E-state index is 0.112. The molecule has 4 nitrogen and oxygen atoms in total. The van der Waals surface area contributed by atoms with Crippen LogP contribution in [-0.4, -0.2) is 48.2 Å². The Hall–Kier alpha value is -0.610. The average Bonchev–Trinajstić information content (AvgIpc) is 2.76. The smallest absolute Gasteiger partial charge is 0.326 e. The van der Waals surface area contributed by atoms with Crippen LogP contribution >= 0.6 is 0 Å². The molecule has 4 heteroatoms. The van der Waals surface area contributed by atoms with Gasteiger partial charge in [-0.25, -0.2) is 0 Å². The maximum Gasteiger partial charge on any atom is 0.326 e. The molecule has 0 bridgehead atoms. The fourth-order valence-corrected chi connectivity index (χ4v) is 3.16. The van der Waals surface area contributed by atoms with Crippen LogP contribution in [0.2, 0.25) is 0 Å². The van der Waals surface area contributed by atoms with Crippen molar-refractivity contribution in [3.8, 4) is 0 Å². The highest BCUT2D eigenvalue weighted by Crippen LogP contribution is 2.28. The third-order valence-electron chi connectivity index (χ3n) is 4.67. The Bertz CT molecular complexity index is 331. The first kappa shape index (κ1) is 18.4. The number of nitrogens with one attached hydrogen (secondary N) is 1. The highest BCUT2D eigenvalue weighted by atomic mass is 16.5. The van der Waals surface area contributed by atoms with Gasteiger partial charge in [0.1, 0.15) is 5.54 Å². The molecule has 1 aliphatic heterocycles. The van der Waals surface area contributed by atoms with Crippen molar-refractivity contribution in [1.29, 1.82) is 0 Å². The van der Waals surface area contributed by atoms with Crippen molar-refractivity contribution in [3.05, 3.63) is 0 Å². The summed E-state index contributed by atoms with van der Waals surface area (Å²) >= 11 is 0. The third kappa shape index (κ3) is 5.26. The molecule has 0 saturated carbocycles. The lowest BCUT2D eigenvalue weighted by Crippen LogP contribution is -2.51. The standard InChI is InChI=1S/C17H34N2O2/c1-6-12-18-17(5,15(20)21-7-2)11-9-14-19-13-8-10-16(19,3)4/h18H,6-14H2,1-5H3. The zero-order valence-corrected chi connectivity index (χ0v) is 14.6. The molecule has 0 aromatic rings. The van der Waals surface area contributed by atoms with Crippen LogP contribution in [0.4, 0.5) is 0 Å². The largest absolute Gasteiger partial charge is 0.465 e. The molecule has 124 valence electrons. The number of carbonyl (C=O) groups is 1. The van der Waals surface area contributed by atoms with Gasteiger partial charge in [-0.2, -0.15) is 0 Å². The van der Waals surface area contributed by atoms with Gasteiger partial charge in [0.05, 0.1) is 6.61 Å². The van der Waals surface area contributed by atoms with Crippen LogP contribution in [0.5, 0.6) is 0 Å². The van der Waals surface area contributed by atoms with Gasteiger partial charge >= 0.3 is 5.97 Å². The van der Waals surface area contributed by atoms with Gasteiger partial charge in [0.2, 0.25) is 0 Å². The van der Waals surface area contributed by atoms with Crippen LogP contribution in [0, 0.1) is 0 Å². The summed E-state index contributed by atoms with van der Waals surface area (Å²) in [7, 11) is 0. The van der Waals surface area contributed by atoms with E-state index in [1.807, 2.05) is 13.8 Å². The fraction of sp³-hybridized carbons (Fsp3) is 0.941. The number of hydrogen-bond donors (Lipinski definition) is 1. The Morgan fingerprint density at radius 1 is 1.38 bits per heavy atom. The van der Waals surface area contributed by atoms with Crippen molar-refractivity contribution in [2.75, 3.05) is 26.2 Å². The van der Waals surface area contributed by atoms with Crippen molar-refractivity contribution in [3.63, 3.8) is 0 Å². The molecule has 21 heavy (non-hydrogen) atoms. The highest BCUT2D eigenvalue weighted by Gasteiger charge is 2.35. The maximum absolute atomic E-state index is 12.2. The topological polar surface area (TPSA) is 41.6 Å². The van der Waals surface area contributed by atoms with E-state index >= 15 is 0 Å². The van der Waals surface area contributed by atoms with Gasteiger partial charge in [0, 0.05) is 5.54 Å². The van der Waals surface area contributed by atoms with E-state index in [1.165, 1.54) is 19.4 Å². The first-order valence-electron chi connectivity index (χ1n) is 8.53. The molecule has 0 aromatic heterocycles. The normalized spacial score (nSPS) is 21.2. The van der Waals surface area contributed by atoms with Crippen LogP contribution in [-0.2, 0) is 9.53 Å². The van der Waals surface area contributed by atoms with Crippen molar-refractivity contribution >= 4 is 5.97 Å². The number of ether oxygens (including phenoxy) is 1. The van der Waals surface area contributed by atoms with E-state index in [1.54, 1.807) is 0 Å². The molecule has 1 unspecified atom stereocenters. The predicted molar refractivity (Wildman–Crippen MR) is 87.5 cm³/mol. The quantitative estimate of drug-likeness (QED) is 0.665. The van der Waals surface area contributed by atoms with E-state index in [4.69, 9.17) is 4.74 Å². The molecule has 0 spiro atoms. The van der Waals surface area contributed by atoms with Gasteiger partial charge in [-0.15, -0.1) is 0 Å². The van der Waals surface area contributed by atoms with Gasteiger partial charge in [0.25, 0.3) is 0 Å². The van der Waals surface area contributed by atoms with Crippen molar-refractivity contribution in [2.24, 2.45) is 0 Å². The Morgan fingerprint density at radius 2 is 2.10 bits per heavy atom. The van der Waals surface area contributed by atoms with E-state index in [-0.39, 0.29) is 5.97 Å². The molecule has 1 heterocycles. The SMILES string of the molecule is CCCNC(C)(CCCN1CCCC1(C)C)C(=O)OCC. The minimum atomic E-state index is -0.546. The number of likely N-dealkylation sites (tertiary alicyclic amines) is 1. The molecule has 1 atom stereocenters. The van der Waals surface area contributed by atoms with Gasteiger partial charge in [-0.1, -0.05) is 6.92 Å². The Kier molecular flexibility index (Phi) is 7.14. The monoisotopic (exact) mass is 298 g/mol. The van der Waals surface area contributed by atoms with E-state index in [9.17, 15) is 4.79 Å². The Labute approximate surface area is 130 Å². The number of carbonyl (C=O) groups excluding carboxylic acids is 1. The molecule has 0 aromatic carbocycles. The summed E-state index contributed by atoms with van der Waals surface area (Å²) in [6.07, 6.45) is 5.44. The lowest BCUT2D eigenvalue weighted by molar-refractivity contribution is -0.150. The summed E-state index contributed by atoms with van der Waals surface area (Å²) in [5, 5.41) is 3.38. The number of nitrogens with zero attached hydrogens (tertiary/aromatic N) is 1. The van der Waals surface area contributed by atoms with E-state index in [0.29, 0.717) is 12.1 Å². The molecule has 0 aliphatic carbocycles. The lowest BCUT2D eigenvalue weighted by Gasteiger charge is -2.33. The Balaban J connectivity index is 2.51. The van der Waals surface area contributed by atoms with Crippen LogP contribution < -0.4 is 5.32 Å². The molecule has 0 radical (unpaired) electrons. The first-order chi connectivity index (χ1) is 9.85. The van der Waals surface area contributed by atoms with Gasteiger partial charge in [-0.05, 0) is 79.4 Å². The lowest BCUT2D eigenvalue weighted by atomic mass is 9.94. The van der Waals surface area contributed by atoms with Crippen molar-refractivity contribution in [1.82, 2.24) is 10.2 Å². The molecule has 1 N–H and O–H groups in total. The van der Waals surface area contributed by atoms with E-state index < -0.39 is 5.54 Å². The zero-order valence-electron chi connectivity index (χ0n) is 14.6. The molecule has 1 saturated heterocycles. The van der Waals surface area contributed by atoms with Gasteiger partial charge < -0.3 is 10.1 Å². The number of rotatable bonds is 9. The van der Waals surface area contributed by atoms with Crippen LogP contribution in [0.15, 0.2) is 0 Å². The molecule has 0 amide bonds. The zero-order chi connectivity index (χ0) is 15.9. The highest BCUT2D eigenvalue weighted by molar-refractivity contribution is 5.80. The third-order valence-corrected chi connectivity index (χ3v) is 4.67. The molecule has 1 fully saturated rings. The summed E-state index contributed by atoms with van der Waals surface area (Å²) in [6, 6.07) is 0. The maximum atomic E-state index is 12.2. The molecule has 1 aliphatic rings. The predicted octanol–water partition coefficient (Wildman–Crippen LogP) is 2.96. The van der Waals surface area contributed by atoms with Crippen LogP contribution in [0.25, 0.3) is 0 Å². The Morgan fingerprint density at radius 3 is 2.62 bits per heavy atom. The van der Waals surface area contributed by atoms with E-state index in [2.05, 4.69) is 31.0 Å². The van der Waals surface area contributed by atoms with E-state index in [0.717, 1.165) is 32.4 Å². The second-order valence-electron chi connectivity index (χ2n) is 6.99. The van der Waals surface area contributed by atoms with Crippen molar-refractivity contribution in [2.45, 2.75) is 77.8 Å². The summed E-state index contributed by atoms with van der Waals surface area (Å²) in [6.45, 7) is 14.2. The molecule has 1 rings (SSSR count). The minimum Gasteiger partial charge on any atom is -0.465 e. The van der Waals surface area contributed by atoms with Crippen LogP contribution in [0.3, 0.4) is 0 Å². The summed E-state index contributed by atoms with van der Waals surface area (Å²) in [4.78, 5) is 14.8. The summed E-state index contributed by atoms with van der Waals surface area (Å²) < 4.78 is 5.25.